The van der Waals surface area contributed by atoms with E-state index in [-0.39, 0.29) is 11.7 Å². The van der Waals surface area contributed by atoms with Crippen molar-refractivity contribution in [2.75, 3.05) is 5.75 Å². The number of aromatic nitrogens is 3. The maximum absolute atomic E-state index is 11.5. The Morgan fingerprint density at radius 3 is 3.06 bits per heavy atom. The van der Waals surface area contributed by atoms with Gasteiger partial charge in [-0.2, -0.15) is 0 Å². The van der Waals surface area contributed by atoms with Crippen molar-refractivity contribution in [3.63, 3.8) is 0 Å². The summed E-state index contributed by atoms with van der Waals surface area (Å²) in [5.74, 6) is 0.824. The second kappa shape index (κ2) is 5.05. The van der Waals surface area contributed by atoms with Crippen LogP contribution in [0.4, 0.5) is 0 Å². The summed E-state index contributed by atoms with van der Waals surface area (Å²) < 4.78 is 1.77. The minimum absolute atomic E-state index is 0.0888. The van der Waals surface area contributed by atoms with E-state index in [2.05, 4.69) is 17.1 Å². The van der Waals surface area contributed by atoms with Gasteiger partial charge >= 0.3 is 5.69 Å². The number of nitrogens with two attached hydrogens (primary N) is 1. The van der Waals surface area contributed by atoms with Gasteiger partial charge in [-0.3, -0.25) is 4.57 Å². The lowest BCUT2D eigenvalue weighted by atomic mass is 10.2. The molecular weight excluding hydrogens is 224 g/mol. The van der Waals surface area contributed by atoms with E-state index in [0.29, 0.717) is 6.04 Å². The zero-order valence-corrected chi connectivity index (χ0v) is 10.3. The Bertz CT molecular complexity index is 396. The third-order valence-electron chi connectivity index (χ3n) is 2.67. The molecule has 90 valence electrons. The van der Waals surface area contributed by atoms with Gasteiger partial charge in [-0.1, -0.05) is 25.1 Å². The molecule has 0 bridgehead atoms. The number of hydrogen-bond donors (Lipinski definition) is 2. The Morgan fingerprint density at radius 1 is 1.69 bits per heavy atom. The van der Waals surface area contributed by atoms with Crippen LogP contribution in [0, 0.1) is 0 Å². The van der Waals surface area contributed by atoms with E-state index in [1.54, 1.807) is 16.3 Å². The van der Waals surface area contributed by atoms with Gasteiger partial charge in [-0.25, -0.2) is 9.89 Å². The number of nitrogens with one attached hydrogen (secondary N) is 1. The fraction of sp³-hybridized carbons (Fsp3) is 0.800. The van der Waals surface area contributed by atoms with Crippen LogP contribution in [0.5, 0.6) is 0 Å². The second-order valence-electron chi connectivity index (χ2n) is 4.27. The van der Waals surface area contributed by atoms with Gasteiger partial charge in [-0.05, 0) is 19.3 Å². The van der Waals surface area contributed by atoms with Gasteiger partial charge in [0.1, 0.15) is 0 Å². The van der Waals surface area contributed by atoms with Crippen molar-refractivity contribution >= 4 is 11.8 Å². The average Bonchev–Trinajstić information content (AvgIpc) is 3.01. The molecule has 6 heteroatoms. The summed E-state index contributed by atoms with van der Waals surface area (Å²) in [6, 6.07) is 0.561. The van der Waals surface area contributed by atoms with E-state index >= 15 is 0 Å². The van der Waals surface area contributed by atoms with E-state index in [0.717, 1.165) is 36.6 Å². The highest BCUT2D eigenvalue weighted by Crippen LogP contribution is 2.36. The van der Waals surface area contributed by atoms with Crippen molar-refractivity contribution in [2.24, 2.45) is 5.73 Å². The van der Waals surface area contributed by atoms with Crippen molar-refractivity contribution < 1.29 is 0 Å². The van der Waals surface area contributed by atoms with Crippen LogP contribution in [0.25, 0.3) is 0 Å². The minimum Gasteiger partial charge on any atom is -0.327 e. The normalized spacial score (nSPS) is 17.6. The number of aromatic amines is 1. The molecule has 1 aromatic heterocycles. The van der Waals surface area contributed by atoms with Crippen LogP contribution >= 0.6 is 11.8 Å². The third kappa shape index (κ3) is 2.68. The summed E-state index contributed by atoms with van der Waals surface area (Å²) in [5, 5.41) is 7.34. The number of rotatable bonds is 6. The maximum atomic E-state index is 11.5. The average molecular weight is 242 g/mol. The third-order valence-corrected chi connectivity index (χ3v) is 3.81. The molecule has 3 N–H and O–H groups in total. The highest BCUT2D eigenvalue weighted by Gasteiger charge is 2.28. The topological polar surface area (TPSA) is 76.7 Å². The molecule has 1 aliphatic carbocycles. The predicted molar refractivity (Wildman–Crippen MR) is 64.7 cm³/mol. The van der Waals surface area contributed by atoms with Gasteiger partial charge in [0.15, 0.2) is 5.16 Å². The first-order valence-electron chi connectivity index (χ1n) is 5.77. The lowest BCUT2D eigenvalue weighted by Crippen LogP contribution is -2.23. The number of hydrogen-bond acceptors (Lipinski definition) is 4. The van der Waals surface area contributed by atoms with Crippen molar-refractivity contribution in [1.82, 2.24) is 14.8 Å². The van der Waals surface area contributed by atoms with Crippen LogP contribution in [-0.2, 0) is 0 Å². The summed E-state index contributed by atoms with van der Waals surface area (Å²) in [4.78, 5) is 11.5. The summed E-state index contributed by atoms with van der Waals surface area (Å²) in [6.07, 6.45) is 4.30. The van der Waals surface area contributed by atoms with Crippen molar-refractivity contribution in [1.29, 1.82) is 0 Å². The van der Waals surface area contributed by atoms with Crippen LogP contribution in [-0.4, -0.2) is 26.6 Å². The van der Waals surface area contributed by atoms with Crippen molar-refractivity contribution in [3.8, 4) is 0 Å². The van der Waals surface area contributed by atoms with E-state index in [4.69, 9.17) is 5.73 Å². The Hall–Kier alpha value is -0.750. The van der Waals surface area contributed by atoms with Gasteiger partial charge in [0.2, 0.25) is 0 Å². The predicted octanol–water partition coefficient (Wildman–Crippen LogP) is 1.13. The van der Waals surface area contributed by atoms with Crippen molar-refractivity contribution in [3.05, 3.63) is 10.5 Å². The molecule has 0 saturated heterocycles. The van der Waals surface area contributed by atoms with E-state index in [1.165, 1.54) is 0 Å². The van der Waals surface area contributed by atoms with E-state index in [9.17, 15) is 4.79 Å². The molecule has 1 unspecified atom stereocenters. The molecule has 0 aliphatic heterocycles. The molecule has 1 saturated carbocycles. The number of H-pyrrole nitrogens is 1. The molecular formula is C10H18N4OS. The summed E-state index contributed by atoms with van der Waals surface area (Å²) in [5.41, 5.74) is 5.85. The fourth-order valence-electron chi connectivity index (χ4n) is 1.68. The minimum atomic E-state index is -0.0888. The lowest BCUT2D eigenvalue weighted by molar-refractivity contribution is 0.635. The molecule has 0 amide bonds. The smallest absolute Gasteiger partial charge is 0.327 e. The first-order valence-corrected chi connectivity index (χ1v) is 6.76. The first kappa shape index (κ1) is 11.7. The maximum Gasteiger partial charge on any atom is 0.344 e. The monoisotopic (exact) mass is 242 g/mol. The number of thioether (sulfide) groups is 1. The Labute approximate surface area is 98.8 Å². The highest BCUT2D eigenvalue weighted by atomic mass is 32.2. The largest absolute Gasteiger partial charge is 0.344 e. The van der Waals surface area contributed by atoms with E-state index < -0.39 is 0 Å². The Kier molecular flexibility index (Phi) is 3.70. The Morgan fingerprint density at radius 2 is 2.44 bits per heavy atom. The SMILES string of the molecule is CCCC(N)CSc1n[nH]c(=O)n1C1CC1. The van der Waals surface area contributed by atoms with Gasteiger partial charge in [-0.15, -0.1) is 5.10 Å². The molecule has 2 rings (SSSR count). The van der Waals surface area contributed by atoms with Crippen LogP contribution in [0.15, 0.2) is 9.95 Å². The van der Waals surface area contributed by atoms with Gasteiger partial charge < -0.3 is 5.73 Å². The van der Waals surface area contributed by atoms with Crippen LogP contribution < -0.4 is 11.4 Å². The van der Waals surface area contributed by atoms with Crippen molar-refractivity contribution in [2.45, 2.75) is 49.8 Å². The van der Waals surface area contributed by atoms with E-state index in [1.807, 2.05) is 0 Å². The van der Waals surface area contributed by atoms with Gasteiger partial charge in [0, 0.05) is 17.8 Å². The quantitative estimate of drug-likeness (QED) is 0.733. The standard InChI is InChI=1S/C10H18N4OS/c1-2-3-7(11)6-16-10-13-12-9(15)14(10)8-4-5-8/h7-8H,2-6,11H2,1H3,(H,12,15). The summed E-state index contributed by atoms with van der Waals surface area (Å²) in [6.45, 7) is 2.12. The molecule has 1 fully saturated rings. The molecule has 1 atom stereocenters. The zero-order chi connectivity index (χ0) is 11.5. The van der Waals surface area contributed by atoms with Crippen LogP contribution in [0.2, 0.25) is 0 Å². The van der Waals surface area contributed by atoms with Gasteiger partial charge in [0.05, 0.1) is 0 Å². The summed E-state index contributed by atoms with van der Waals surface area (Å²) >= 11 is 1.58. The molecule has 5 nitrogen and oxygen atoms in total. The molecule has 1 aliphatic rings. The fourth-order valence-corrected chi connectivity index (χ4v) is 2.69. The molecule has 0 aromatic carbocycles. The Balaban J connectivity index is 1.96. The van der Waals surface area contributed by atoms with Crippen LogP contribution in [0.3, 0.4) is 0 Å². The van der Waals surface area contributed by atoms with Crippen LogP contribution in [0.1, 0.15) is 38.6 Å². The molecule has 0 radical (unpaired) electrons. The molecule has 16 heavy (non-hydrogen) atoms. The first-order chi connectivity index (χ1) is 7.72. The molecule has 1 heterocycles. The second-order valence-corrected chi connectivity index (χ2v) is 5.26. The summed E-state index contributed by atoms with van der Waals surface area (Å²) in [7, 11) is 0. The molecule has 0 spiro atoms. The molecule has 1 aromatic rings. The van der Waals surface area contributed by atoms with Gasteiger partial charge in [0.25, 0.3) is 0 Å². The lowest BCUT2D eigenvalue weighted by Gasteiger charge is -2.09. The number of nitrogens with zero attached hydrogens (tertiary/aromatic N) is 2. The zero-order valence-electron chi connectivity index (χ0n) is 9.48. The highest BCUT2D eigenvalue weighted by molar-refractivity contribution is 7.99.